The number of anilines is 1. The minimum atomic E-state index is 0.578. The average Bonchev–Trinajstić information content (AvgIpc) is 2.69. The third-order valence-corrected chi connectivity index (χ3v) is 3.62. The van der Waals surface area contributed by atoms with Crippen molar-refractivity contribution in [2.24, 2.45) is 0 Å². The van der Waals surface area contributed by atoms with E-state index in [1.165, 1.54) is 0 Å². The van der Waals surface area contributed by atoms with Gasteiger partial charge in [0.1, 0.15) is 22.8 Å². The van der Waals surface area contributed by atoms with E-state index in [1.54, 1.807) is 43.4 Å². The molecule has 0 aliphatic heterocycles. The van der Waals surface area contributed by atoms with Crippen LogP contribution in [0.1, 0.15) is 0 Å². The van der Waals surface area contributed by atoms with Gasteiger partial charge in [-0.25, -0.2) is 9.97 Å². The number of nitrogens with two attached hydrogens (primary N) is 1. The van der Waals surface area contributed by atoms with Crippen LogP contribution < -0.4 is 5.73 Å². The Kier molecular flexibility index (Phi) is 3.80. The van der Waals surface area contributed by atoms with Gasteiger partial charge in [-0.15, -0.1) is 0 Å². The molecule has 0 spiro atoms. The zero-order chi connectivity index (χ0) is 17.1. The molecule has 7 heteroatoms. The Hall–Kier alpha value is -3.74. The number of nitrogen functional groups attached to an aromatic ring is 1. The van der Waals surface area contributed by atoms with E-state index in [0.29, 0.717) is 34.2 Å². The van der Waals surface area contributed by atoms with E-state index in [4.69, 9.17) is 10.7 Å². The summed E-state index contributed by atoms with van der Waals surface area (Å²) in [5.41, 5.74) is 10.6. The van der Waals surface area contributed by atoms with Crippen molar-refractivity contribution in [2.75, 3.05) is 5.73 Å². The molecule has 0 unspecified atom stereocenters. The largest absolute Gasteiger partial charge is 0.398 e. The molecule has 0 saturated carbocycles. The molecule has 0 saturated heterocycles. The maximum absolute atomic E-state index is 6.07. The molecule has 0 aliphatic rings. The van der Waals surface area contributed by atoms with E-state index in [1.807, 2.05) is 24.3 Å². The van der Waals surface area contributed by atoms with Gasteiger partial charge in [0.25, 0.3) is 0 Å². The van der Waals surface area contributed by atoms with Gasteiger partial charge < -0.3 is 5.73 Å². The molecule has 3 heterocycles. The molecule has 4 rings (SSSR count). The van der Waals surface area contributed by atoms with Crippen LogP contribution in [0.3, 0.4) is 0 Å². The smallest absolute Gasteiger partial charge is 0.119 e. The van der Waals surface area contributed by atoms with E-state index in [9.17, 15) is 0 Å². The number of benzene rings is 1. The molecule has 7 nitrogen and oxygen atoms in total. The van der Waals surface area contributed by atoms with Gasteiger partial charge in [-0.2, -0.15) is 0 Å². The van der Waals surface area contributed by atoms with Crippen LogP contribution in [0, 0.1) is 0 Å². The Balaban J connectivity index is 1.94. The van der Waals surface area contributed by atoms with Crippen molar-refractivity contribution in [3.05, 3.63) is 67.6 Å². The van der Waals surface area contributed by atoms with Gasteiger partial charge >= 0.3 is 0 Å². The minimum Gasteiger partial charge on any atom is -0.398 e. The molecule has 4 aromatic rings. The Morgan fingerprint density at radius 2 is 1.32 bits per heavy atom. The lowest BCUT2D eigenvalue weighted by Gasteiger charge is -2.10. The summed E-state index contributed by atoms with van der Waals surface area (Å²) in [6.45, 7) is 0. The predicted molar refractivity (Wildman–Crippen MR) is 93.9 cm³/mol. The predicted octanol–water partition coefficient (Wildman–Crippen LogP) is 2.64. The van der Waals surface area contributed by atoms with Crippen molar-refractivity contribution in [3.8, 4) is 34.0 Å². The highest BCUT2D eigenvalue weighted by Gasteiger charge is 2.16. The maximum Gasteiger partial charge on any atom is 0.119 e. The lowest BCUT2D eigenvalue weighted by atomic mass is 10.1. The molecule has 0 bridgehead atoms. The van der Waals surface area contributed by atoms with Gasteiger partial charge in [0.15, 0.2) is 0 Å². The molecule has 3 aromatic heterocycles. The SMILES string of the molecule is Nc1ccccc1-c1cnc(-c2cnccn2)c(-c2cnccn2)n1. The van der Waals surface area contributed by atoms with E-state index in [0.717, 1.165) is 5.56 Å². The normalized spacial score (nSPS) is 10.6. The fraction of sp³-hybridized carbons (Fsp3) is 0. The van der Waals surface area contributed by atoms with Crippen LogP contribution >= 0.6 is 0 Å². The Labute approximate surface area is 143 Å². The molecule has 1 aromatic carbocycles. The maximum atomic E-state index is 6.07. The average molecular weight is 327 g/mol. The van der Waals surface area contributed by atoms with Crippen LogP contribution in [-0.4, -0.2) is 29.9 Å². The van der Waals surface area contributed by atoms with Crippen molar-refractivity contribution in [3.63, 3.8) is 0 Å². The van der Waals surface area contributed by atoms with Crippen LogP contribution in [0.15, 0.2) is 67.6 Å². The molecular formula is C18H13N7. The Bertz CT molecular complexity index is 1000. The fourth-order valence-electron chi connectivity index (χ4n) is 2.46. The number of hydrogen-bond acceptors (Lipinski definition) is 7. The number of para-hydroxylation sites is 1. The lowest BCUT2D eigenvalue weighted by Crippen LogP contribution is -2.00. The van der Waals surface area contributed by atoms with Crippen molar-refractivity contribution in [1.29, 1.82) is 0 Å². The van der Waals surface area contributed by atoms with Gasteiger partial charge in [-0.1, -0.05) is 18.2 Å². The van der Waals surface area contributed by atoms with E-state index in [2.05, 4.69) is 24.9 Å². The zero-order valence-corrected chi connectivity index (χ0v) is 13.1. The first-order valence-corrected chi connectivity index (χ1v) is 7.57. The first-order valence-electron chi connectivity index (χ1n) is 7.57. The van der Waals surface area contributed by atoms with Gasteiger partial charge in [0.2, 0.25) is 0 Å². The standard InChI is InChI=1S/C18H13N7/c19-13-4-2-1-3-12(13)14-11-24-17(15-9-20-5-7-22-15)18(25-14)16-10-21-6-8-23-16/h1-11H,19H2. The quantitative estimate of drug-likeness (QED) is 0.577. The summed E-state index contributed by atoms with van der Waals surface area (Å²) in [7, 11) is 0. The summed E-state index contributed by atoms with van der Waals surface area (Å²) >= 11 is 0. The van der Waals surface area contributed by atoms with E-state index < -0.39 is 0 Å². The third kappa shape index (κ3) is 2.90. The molecule has 0 radical (unpaired) electrons. The number of hydrogen-bond donors (Lipinski definition) is 1. The fourth-order valence-corrected chi connectivity index (χ4v) is 2.46. The first kappa shape index (κ1) is 14.8. The van der Waals surface area contributed by atoms with Crippen LogP contribution in [0.2, 0.25) is 0 Å². The van der Waals surface area contributed by atoms with Crippen LogP contribution in [0.4, 0.5) is 5.69 Å². The van der Waals surface area contributed by atoms with E-state index in [-0.39, 0.29) is 0 Å². The van der Waals surface area contributed by atoms with Gasteiger partial charge in [0, 0.05) is 36.0 Å². The summed E-state index contributed by atoms with van der Waals surface area (Å²) in [6.07, 6.45) is 11.4. The second-order valence-electron chi connectivity index (χ2n) is 5.22. The van der Waals surface area contributed by atoms with Crippen LogP contribution in [-0.2, 0) is 0 Å². The molecule has 120 valence electrons. The topological polar surface area (TPSA) is 103 Å². The lowest BCUT2D eigenvalue weighted by molar-refractivity contribution is 1.12. The molecule has 25 heavy (non-hydrogen) atoms. The number of rotatable bonds is 3. The van der Waals surface area contributed by atoms with Crippen molar-refractivity contribution < 1.29 is 0 Å². The van der Waals surface area contributed by atoms with Crippen molar-refractivity contribution in [2.45, 2.75) is 0 Å². The van der Waals surface area contributed by atoms with E-state index >= 15 is 0 Å². The highest BCUT2D eigenvalue weighted by atomic mass is 14.9. The van der Waals surface area contributed by atoms with Crippen LogP contribution in [0.5, 0.6) is 0 Å². The molecule has 0 aliphatic carbocycles. The van der Waals surface area contributed by atoms with Gasteiger partial charge in [-0.05, 0) is 6.07 Å². The summed E-state index contributed by atoms with van der Waals surface area (Å²) in [4.78, 5) is 26.2. The third-order valence-electron chi connectivity index (χ3n) is 3.62. The van der Waals surface area contributed by atoms with Crippen molar-refractivity contribution >= 4 is 5.69 Å². The monoisotopic (exact) mass is 327 g/mol. The van der Waals surface area contributed by atoms with Gasteiger partial charge in [-0.3, -0.25) is 19.9 Å². The van der Waals surface area contributed by atoms with Crippen LogP contribution in [0.25, 0.3) is 34.0 Å². The summed E-state index contributed by atoms with van der Waals surface area (Å²) < 4.78 is 0. The van der Waals surface area contributed by atoms with Crippen molar-refractivity contribution in [1.82, 2.24) is 29.9 Å². The molecule has 2 N–H and O–H groups in total. The Morgan fingerprint density at radius 3 is 1.96 bits per heavy atom. The molecule has 0 atom stereocenters. The highest BCUT2D eigenvalue weighted by Crippen LogP contribution is 2.30. The second kappa shape index (κ2) is 6.40. The minimum absolute atomic E-state index is 0.578. The summed E-state index contributed by atoms with van der Waals surface area (Å²) in [6, 6.07) is 7.52. The second-order valence-corrected chi connectivity index (χ2v) is 5.22. The summed E-state index contributed by atoms with van der Waals surface area (Å²) in [5, 5.41) is 0. The molecular weight excluding hydrogens is 314 g/mol. The van der Waals surface area contributed by atoms with Gasteiger partial charge in [0.05, 0.1) is 24.3 Å². The highest BCUT2D eigenvalue weighted by molar-refractivity contribution is 5.79. The number of nitrogens with zero attached hydrogens (tertiary/aromatic N) is 6. The summed E-state index contributed by atoms with van der Waals surface area (Å²) in [5.74, 6) is 0. The molecule has 0 amide bonds. The zero-order valence-electron chi connectivity index (χ0n) is 13.1. The first-order chi connectivity index (χ1) is 12.3. The Morgan fingerprint density at radius 1 is 0.640 bits per heavy atom. The molecule has 0 fully saturated rings. The number of aromatic nitrogens is 6.